The van der Waals surface area contributed by atoms with Crippen LogP contribution in [-0.2, 0) is 7.05 Å². The van der Waals surface area contributed by atoms with Crippen LogP contribution in [-0.4, -0.2) is 43.5 Å². The molecule has 0 aliphatic carbocycles. The Hall–Kier alpha value is -2.58. The van der Waals surface area contributed by atoms with Crippen molar-refractivity contribution in [2.24, 2.45) is 7.05 Å². The monoisotopic (exact) mass is 417 g/mol. The third kappa shape index (κ3) is 4.45. The van der Waals surface area contributed by atoms with Crippen LogP contribution in [0, 0.1) is 0 Å². The van der Waals surface area contributed by atoms with Crippen molar-refractivity contribution in [2.75, 3.05) is 12.0 Å². The summed E-state index contributed by atoms with van der Waals surface area (Å²) in [5.41, 5.74) is 1.24. The lowest BCUT2D eigenvalue weighted by atomic mass is 10.1. The molecule has 0 unspecified atom stereocenters. The molecule has 0 aliphatic rings. The average molecular weight is 418 g/mol. The largest absolute Gasteiger partial charge is 0.349 e. The molecule has 3 aromatic rings. The quantitative estimate of drug-likeness (QED) is 0.666. The molecule has 2 aromatic heterocycles. The Labute approximate surface area is 171 Å². The molecule has 3 rings (SSSR count). The number of nitrogens with zero attached hydrogens (tertiary/aromatic N) is 4. The van der Waals surface area contributed by atoms with Gasteiger partial charge in [-0.05, 0) is 31.4 Å². The molecule has 1 atom stereocenters. The molecule has 28 heavy (non-hydrogen) atoms. The number of halogens is 1. The van der Waals surface area contributed by atoms with Gasteiger partial charge in [0.1, 0.15) is 11.3 Å². The number of carbonyl (C=O) groups excluding carboxylic acids is 1. The van der Waals surface area contributed by atoms with Gasteiger partial charge in [-0.3, -0.25) is 14.3 Å². The minimum atomic E-state index is -0.500. The van der Waals surface area contributed by atoms with Crippen LogP contribution in [0.5, 0.6) is 0 Å². The number of carbonyl (C=O) groups is 1. The smallest absolute Gasteiger partial charge is 0.284 e. The lowest BCUT2D eigenvalue weighted by Crippen LogP contribution is -2.39. The molecule has 0 spiro atoms. The summed E-state index contributed by atoms with van der Waals surface area (Å²) in [7, 11) is 1.75. The van der Waals surface area contributed by atoms with Crippen LogP contribution in [0.2, 0.25) is 5.02 Å². The molecule has 0 aliphatic heterocycles. The molecule has 7 nitrogen and oxygen atoms in total. The van der Waals surface area contributed by atoms with Crippen molar-refractivity contribution in [2.45, 2.75) is 13.0 Å². The fraction of sp³-hybridized carbons (Fsp3) is 0.263. The summed E-state index contributed by atoms with van der Waals surface area (Å²) in [6, 6.07) is 8.50. The van der Waals surface area contributed by atoms with Gasteiger partial charge in [-0.1, -0.05) is 23.7 Å². The second-order valence-corrected chi connectivity index (χ2v) is 7.72. The summed E-state index contributed by atoms with van der Waals surface area (Å²) < 4.78 is 2.77. The molecule has 9 heteroatoms. The van der Waals surface area contributed by atoms with Crippen molar-refractivity contribution in [3.05, 3.63) is 63.7 Å². The van der Waals surface area contributed by atoms with Gasteiger partial charge in [0, 0.05) is 29.4 Å². The van der Waals surface area contributed by atoms with Crippen LogP contribution in [0.3, 0.4) is 0 Å². The molecule has 2 heterocycles. The summed E-state index contributed by atoms with van der Waals surface area (Å²) in [6.07, 6.45) is 5.15. The van der Waals surface area contributed by atoms with Crippen molar-refractivity contribution >= 4 is 29.3 Å². The van der Waals surface area contributed by atoms with E-state index in [9.17, 15) is 9.59 Å². The number of hydrogen-bond donors (Lipinski definition) is 1. The molecule has 0 fully saturated rings. The van der Waals surface area contributed by atoms with E-state index in [1.54, 1.807) is 54.0 Å². The van der Waals surface area contributed by atoms with E-state index in [4.69, 9.17) is 11.6 Å². The Balaban J connectivity index is 2.12. The number of hydrogen-bond acceptors (Lipinski definition) is 5. The molecule has 0 saturated heterocycles. The van der Waals surface area contributed by atoms with Gasteiger partial charge in [0.2, 0.25) is 0 Å². The number of benzene rings is 1. The lowest BCUT2D eigenvalue weighted by Gasteiger charge is -2.14. The summed E-state index contributed by atoms with van der Waals surface area (Å²) in [5.74, 6) is 0.319. The van der Waals surface area contributed by atoms with Gasteiger partial charge in [-0.2, -0.15) is 26.6 Å². The molecule has 1 amide bonds. The Kier molecular flexibility index (Phi) is 6.21. The van der Waals surface area contributed by atoms with Crippen molar-refractivity contribution in [1.29, 1.82) is 0 Å². The summed E-state index contributed by atoms with van der Waals surface area (Å²) >= 11 is 7.59. The molecule has 0 radical (unpaired) electrons. The van der Waals surface area contributed by atoms with Crippen molar-refractivity contribution < 1.29 is 4.79 Å². The van der Waals surface area contributed by atoms with Gasteiger partial charge in [0.15, 0.2) is 0 Å². The highest BCUT2D eigenvalue weighted by molar-refractivity contribution is 7.98. The van der Waals surface area contributed by atoms with E-state index >= 15 is 0 Å². The van der Waals surface area contributed by atoms with Gasteiger partial charge in [-0.25, -0.2) is 0 Å². The Bertz CT molecular complexity index is 1050. The first-order chi connectivity index (χ1) is 13.4. The highest BCUT2D eigenvalue weighted by Crippen LogP contribution is 2.20. The van der Waals surface area contributed by atoms with Crippen molar-refractivity contribution in [3.63, 3.8) is 0 Å². The minimum Gasteiger partial charge on any atom is -0.349 e. The summed E-state index contributed by atoms with van der Waals surface area (Å²) in [5, 5.41) is 12.0. The van der Waals surface area contributed by atoms with E-state index in [-0.39, 0.29) is 11.6 Å². The zero-order valence-electron chi connectivity index (χ0n) is 15.7. The normalized spacial score (nSPS) is 12.0. The van der Waals surface area contributed by atoms with E-state index in [0.29, 0.717) is 16.4 Å². The maximum Gasteiger partial charge on any atom is 0.284 e. The zero-order valence-corrected chi connectivity index (χ0v) is 17.3. The number of aromatic nitrogens is 4. The third-order valence-electron chi connectivity index (χ3n) is 4.03. The predicted molar refractivity (Wildman–Crippen MR) is 112 cm³/mol. The number of rotatable bonds is 6. The van der Waals surface area contributed by atoms with Crippen LogP contribution >= 0.6 is 23.4 Å². The average Bonchev–Trinajstić information content (AvgIpc) is 3.09. The Morgan fingerprint density at radius 2 is 2.04 bits per heavy atom. The first-order valence-corrected chi connectivity index (χ1v) is 10.4. The third-order valence-corrected chi connectivity index (χ3v) is 5.11. The first-order valence-electron chi connectivity index (χ1n) is 8.58. The topological polar surface area (TPSA) is 81.8 Å². The first kappa shape index (κ1) is 20.2. The molecular weight excluding hydrogens is 398 g/mol. The maximum atomic E-state index is 13.0. The van der Waals surface area contributed by atoms with Crippen LogP contribution < -0.4 is 10.9 Å². The van der Waals surface area contributed by atoms with E-state index in [2.05, 4.69) is 15.5 Å². The summed E-state index contributed by atoms with van der Waals surface area (Å²) in [6.45, 7) is 1.90. The molecule has 1 N–H and O–H groups in total. The van der Waals surface area contributed by atoms with Gasteiger partial charge < -0.3 is 5.32 Å². The molecule has 0 bridgehead atoms. The van der Waals surface area contributed by atoms with Crippen LogP contribution in [0.1, 0.15) is 17.3 Å². The fourth-order valence-electron chi connectivity index (χ4n) is 2.70. The van der Waals surface area contributed by atoms with Gasteiger partial charge in [0.05, 0.1) is 18.1 Å². The fourth-order valence-corrected chi connectivity index (χ4v) is 3.41. The second kappa shape index (κ2) is 8.62. The lowest BCUT2D eigenvalue weighted by molar-refractivity contribution is 0.0941. The van der Waals surface area contributed by atoms with Crippen molar-refractivity contribution in [1.82, 2.24) is 24.9 Å². The van der Waals surface area contributed by atoms with Gasteiger partial charge in [-0.15, -0.1) is 0 Å². The van der Waals surface area contributed by atoms with E-state index in [0.717, 1.165) is 11.3 Å². The highest BCUT2D eigenvalue weighted by atomic mass is 35.5. The SMILES string of the molecule is CSC[C@H](C)NC(=O)c1cc(-c2ccc(Cl)cc2)nn(-c2cnn(C)c2)c1=O. The Morgan fingerprint density at radius 3 is 2.64 bits per heavy atom. The number of amides is 1. The van der Waals surface area contributed by atoms with Gasteiger partial charge >= 0.3 is 0 Å². The molecule has 0 saturated carbocycles. The highest BCUT2D eigenvalue weighted by Gasteiger charge is 2.19. The van der Waals surface area contributed by atoms with Crippen LogP contribution in [0.4, 0.5) is 0 Å². The number of aryl methyl sites for hydroxylation is 1. The van der Waals surface area contributed by atoms with Gasteiger partial charge in [0.25, 0.3) is 11.5 Å². The predicted octanol–water partition coefficient (Wildman–Crippen LogP) is 2.77. The standard InChI is InChI=1S/C19H20ClN5O2S/c1-12(11-28-3)22-18(26)16-8-17(13-4-6-14(20)7-5-13)23-25(19(16)27)15-9-21-24(2)10-15/h4-10,12H,11H2,1-3H3,(H,22,26)/t12-/m0/s1. The van der Waals surface area contributed by atoms with E-state index in [1.807, 2.05) is 13.2 Å². The van der Waals surface area contributed by atoms with E-state index < -0.39 is 11.5 Å². The zero-order chi connectivity index (χ0) is 20.3. The molecule has 146 valence electrons. The number of thioether (sulfide) groups is 1. The molecule has 1 aromatic carbocycles. The molecular formula is C19H20ClN5O2S. The minimum absolute atomic E-state index is 0.0248. The van der Waals surface area contributed by atoms with Crippen LogP contribution in [0.25, 0.3) is 16.9 Å². The van der Waals surface area contributed by atoms with Crippen LogP contribution in [0.15, 0.2) is 47.5 Å². The van der Waals surface area contributed by atoms with E-state index in [1.165, 1.54) is 16.9 Å². The number of nitrogens with one attached hydrogen (secondary N) is 1. The maximum absolute atomic E-state index is 13.0. The second-order valence-electron chi connectivity index (χ2n) is 6.37. The van der Waals surface area contributed by atoms with Crippen molar-refractivity contribution in [3.8, 4) is 16.9 Å². The summed E-state index contributed by atoms with van der Waals surface area (Å²) in [4.78, 5) is 25.7. The Morgan fingerprint density at radius 1 is 1.32 bits per heavy atom.